The predicted molar refractivity (Wildman–Crippen MR) is 63.4 cm³/mol. The van der Waals surface area contributed by atoms with Gasteiger partial charge in [-0.25, -0.2) is 0 Å². The van der Waals surface area contributed by atoms with Crippen LogP contribution < -0.4 is 4.90 Å². The van der Waals surface area contributed by atoms with E-state index < -0.39 is 0 Å². The van der Waals surface area contributed by atoms with Gasteiger partial charge in [0.1, 0.15) is 6.07 Å². The summed E-state index contributed by atoms with van der Waals surface area (Å²) >= 11 is 0. The highest BCUT2D eigenvalue weighted by Crippen LogP contribution is 2.23. The number of anilines is 1. The Balaban J connectivity index is 2.26. The lowest BCUT2D eigenvalue weighted by atomic mass is 10.1. The van der Waals surface area contributed by atoms with Crippen LogP contribution >= 0.6 is 0 Å². The molecule has 1 aromatic rings. The van der Waals surface area contributed by atoms with Crippen molar-refractivity contribution >= 4 is 5.69 Å². The second-order valence-corrected chi connectivity index (χ2v) is 4.29. The number of hydrogen-bond acceptors (Lipinski definition) is 3. The molecule has 2 atom stereocenters. The molecule has 2 rings (SSSR count). The van der Waals surface area contributed by atoms with Crippen molar-refractivity contribution in [2.45, 2.75) is 26.1 Å². The van der Waals surface area contributed by atoms with Gasteiger partial charge in [-0.05, 0) is 26.0 Å². The van der Waals surface area contributed by atoms with Gasteiger partial charge in [0.15, 0.2) is 0 Å². The summed E-state index contributed by atoms with van der Waals surface area (Å²) in [7, 11) is 0. The molecular weight excluding hydrogens is 200 g/mol. The molecule has 16 heavy (non-hydrogen) atoms. The molecule has 0 amide bonds. The Bertz CT molecular complexity index is 401. The van der Waals surface area contributed by atoms with Gasteiger partial charge < -0.3 is 9.64 Å². The molecule has 1 aromatic carbocycles. The summed E-state index contributed by atoms with van der Waals surface area (Å²) in [5, 5.41) is 9.07. The number of nitriles is 1. The molecule has 0 aliphatic carbocycles. The lowest BCUT2D eigenvalue weighted by Crippen LogP contribution is -2.45. The Labute approximate surface area is 96.2 Å². The average molecular weight is 216 g/mol. The number of ether oxygens (including phenoxy) is 1. The fourth-order valence-corrected chi connectivity index (χ4v) is 2.22. The van der Waals surface area contributed by atoms with Crippen LogP contribution in [-0.4, -0.2) is 25.3 Å². The first-order valence-electron chi connectivity index (χ1n) is 5.60. The number of para-hydroxylation sites is 1. The Morgan fingerprint density at radius 3 is 2.50 bits per heavy atom. The van der Waals surface area contributed by atoms with Gasteiger partial charge in [0.2, 0.25) is 0 Å². The Kier molecular flexibility index (Phi) is 3.12. The molecule has 1 aliphatic heterocycles. The maximum Gasteiger partial charge on any atom is 0.101 e. The van der Waals surface area contributed by atoms with Crippen molar-refractivity contribution in [1.29, 1.82) is 5.26 Å². The molecule has 3 nitrogen and oxygen atoms in total. The van der Waals surface area contributed by atoms with Crippen LogP contribution in [0.2, 0.25) is 0 Å². The summed E-state index contributed by atoms with van der Waals surface area (Å²) in [5.74, 6) is 0. The summed E-state index contributed by atoms with van der Waals surface area (Å²) in [6.45, 7) is 5.83. The summed E-state index contributed by atoms with van der Waals surface area (Å²) in [5.41, 5.74) is 1.76. The largest absolute Gasteiger partial charge is 0.372 e. The lowest BCUT2D eigenvalue weighted by molar-refractivity contribution is -0.00522. The second-order valence-electron chi connectivity index (χ2n) is 4.29. The molecule has 0 spiro atoms. The summed E-state index contributed by atoms with van der Waals surface area (Å²) in [6.07, 6.45) is 0.436. The molecule has 0 saturated carbocycles. The Hall–Kier alpha value is -1.53. The third-order valence-corrected chi connectivity index (χ3v) is 2.78. The fraction of sp³-hybridized carbons (Fsp3) is 0.462. The van der Waals surface area contributed by atoms with E-state index in [4.69, 9.17) is 10.00 Å². The van der Waals surface area contributed by atoms with E-state index in [1.807, 2.05) is 24.3 Å². The topological polar surface area (TPSA) is 36.3 Å². The van der Waals surface area contributed by atoms with E-state index in [9.17, 15) is 0 Å². The van der Waals surface area contributed by atoms with Crippen LogP contribution in [0.1, 0.15) is 19.4 Å². The van der Waals surface area contributed by atoms with Crippen molar-refractivity contribution in [1.82, 2.24) is 0 Å². The van der Waals surface area contributed by atoms with E-state index in [1.54, 1.807) is 0 Å². The number of hydrogen-bond donors (Lipinski definition) is 0. The van der Waals surface area contributed by atoms with Gasteiger partial charge in [0, 0.05) is 13.1 Å². The quantitative estimate of drug-likeness (QED) is 0.722. The van der Waals surface area contributed by atoms with Crippen molar-refractivity contribution in [3.05, 3.63) is 29.8 Å². The molecule has 0 aromatic heterocycles. The normalized spacial score (nSPS) is 25.2. The van der Waals surface area contributed by atoms with E-state index in [0.29, 0.717) is 0 Å². The second kappa shape index (κ2) is 4.54. The molecule has 1 fully saturated rings. The third-order valence-electron chi connectivity index (χ3n) is 2.78. The van der Waals surface area contributed by atoms with Crippen LogP contribution in [0.15, 0.2) is 24.3 Å². The van der Waals surface area contributed by atoms with E-state index >= 15 is 0 Å². The minimum absolute atomic E-state index is 0.218. The van der Waals surface area contributed by atoms with Crippen LogP contribution in [0, 0.1) is 11.3 Å². The van der Waals surface area contributed by atoms with Gasteiger partial charge in [-0.3, -0.25) is 0 Å². The molecule has 84 valence electrons. The zero-order chi connectivity index (χ0) is 11.5. The molecule has 0 bridgehead atoms. The fourth-order valence-electron chi connectivity index (χ4n) is 2.22. The van der Waals surface area contributed by atoms with Crippen LogP contribution in [0.3, 0.4) is 0 Å². The van der Waals surface area contributed by atoms with Gasteiger partial charge in [-0.15, -0.1) is 0 Å². The highest BCUT2D eigenvalue weighted by Gasteiger charge is 2.23. The number of rotatable bonds is 1. The number of morpholine rings is 1. The van der Waals surface area contributed by atoms with E-state index in [1.165, 1.54) is 0 Å². The summed E-state index contributed by atoms with van der Waals surface area (Å²) < 4.78 is 5.69. The Morgan fingerprint density at radius 1 is 1.25 bits per heavy atom. The first-order valence-corrected chi connectivity index (χ1v) is 5.60. The predicted octanol–water partition coefficient (Wildman–Crippen LogP) is 2.17. The molecule has 1 heterocycles. The smallest absolute Gasteiger partial charge is 0.101 e. The summed E-state index contributed by atoms with van der Waals surface area (Å²) in [6, 6.07) is 9.98. The van der Waals surface area contributed by atoms with Crippen molar-refractivity contribution < 1.29 is 4.74 Å². The molecule has 1 saturated heterocycles. The van der Waals surface area contributed by atoms with Gasteiger partial charge in [-0.2, -0.15) is 5.26 Å². The number of nitrogens with zero attached hydrogens (tertiary/aromatic N) is 2. The molecule has 0 N–H and O–H groups in total. The van der Waals surface area contributed by atoms with Gasteiger partial charge >= 0.3 is 0 Å². The van der Waals surface area contributed by atoms with Crippen molar-refractivity contribution in [2.75, 3.05) is 18.0 Å². The van der Waals surface area contributed by atoms with Crippen molar-refractivity contribution in [3.8, 4) is 6.07 Å². The van der Waals surface area contributed by atoms with Crippen molar-refractivity contribution in [2.24, 2.45) is 0 Å². The van der Waals surface area contributed by atoms with Crippen LogP contribution in [0.25, 0.3) is 0 Å². The maximum atomic E-state index is 9.07. The highest BCUT2D eigenvalue weighted by molar-refractivity contribution is 5.59. The SMILES string of the molecule is CC1CN(c2ccccc2C#N)CC(C)O1. The summed E-state index contributed by atoms with van der Waals surface area (Å²) in [4.78, 5) is 2.23. The molecule has 1 aliphatic rings. The van der Waals surface area contributed by atoms with Gasteiger partial charge in [0.05, 0.1) is 23.5 Å². The number of benzene rings is 1. The van der Waals surface area contributed by atoms with Gasteiger partial charge in [0.25, 0.3) is 0 Å². The standard InChI is InChI=1S/C13H16N2O/c1-10-8-15(9-11(2)16-10)13-6-4-3-5-12(13)7-14/h3-6,10-11H,8-9H2,1-2H3. The Morgan fingerprint density at radius 2 is 1.88 bits per heavy atom. The molecule has 2 unspecified atom stereocenters. The zero-order valence-electron chi connectivity index (χ0n) is 9.68. The van der Waals surface area contributed by atoms with Gasteiger partial charge in [-0.1, -0.05) is 12.1 Å². The monoisotopic (exact) mass is 216 g/mol. The lowest BCUT2D eigenvalue weighted by Gasteiger charge is -2.37. The molecule has 3 heteroatoms. The minimum atomic E-state index is 0.218. The first kappa shape index (κ1) is 11.0. The van der Waals surface area contributed by atoms with Crippen molar-refractivity contribution in [3.63, 3.8) is 0 Å². The molecule has 0 radical (unpaired) electrons. The van der Waals surface area contributed by atoms with E-state index in [2.05, 4.69) is 24.8 Å². The molecular formula is C13H16N2O. The first-order chi connectivity index (χ1) is 7.70. The minimum Gasteiger partial charge on any atom is -0.372 e. The van der Waals surface area contributed by atoms with Crippen LogP contribution in [0.5, 0.6) is 0 Å². The van der Waals surface area contributed by atoms with E-state index in [0.717, 1.165) is 24.3 Å². The highest BCUT2D eigenvalue weighted by atomic mass is 16.5. The van der Waals surface area contributed by atoms with Crippen LogP contribution in [-0.2, 0) is 4.74 Å². The van der Waals surface area contributed by atoms with E-state index in [-0.39, 0.29) is 12.2 Å². The third kappa shape index (κ3) is 2.17. The maximum absolute atomic E-state index is 9.07. The van der Waals surface area contributed by atoms with Crippen LogP contribution in [0.4, 0.5) is 5.69 Å². The average Bonchev–Trinajstić information content (AvgIpc) is 2.27. The zero-order valence-corrected chi connectivity index (χ0v) is 9.68.